The molecular formula is C16H24N2. The van der Waals surface area contributed by atoms with Crippen molar-refractivity contribution in [1.82, 2.24) is 0 Å². The van der Waals surface area contributed by atoms with Crippen LogP contribution in [0.2, 0.25) is 0 Å². The molecule has 0 aliphatic carbocycles. The largest absolute Gasteiger partial charge is 0.381 e. The predicted molar refractivity (Wildman–Crippen MR) is 77.5 cm³/mol. The Morgan fingerprint density at radius 3 is 2.11 bits per heavy atom. The van der Waals surface area contributed by atoms with Crippen LogP contribution in [0.1, 0.15) is 46.1 Å². The van der Waals surface area contributed by atoms with E-state index in [4.69, 9.17) is 5.26 Å². The highest BCUT2D eigenvalue weighted by molar-refractivity contribution is 5.57. The zero-order chi connectivity index (χ0) is 13.5. The Morgan fingerprint density at radius 1 is 1.06 bits per heavy atom. The van der Waals surface area contributed by atoms with Gasteiger partial charge in [-0.25, -0.2) is 0 Å². The lowest BCUT2D eigenvalue weighted by atomic mass is 9.95. The van der Waals surface area contributed by atoms with Crippen molar-refractivity contribution in [2.75, 3.05) is 5.32 Å². The molecule has 0 amide bonds. The van der Waals surface area contributed by atoms with Gasteiger partial charge in [0.25, 0.3) is 0 Å². The minimum Gasteiger partial charge on any atom is -0.381 e. The summed E-state index contributed by atoms with van der Waals surface area (Å²) in [6, 6.07) is 10.4. The molecule has 0 saturated carbocycles. The molecule has 98 valence electrons. The van der Waals surface area contributed by atoms with Gasteiger partial charge in [0.05, 0.1) is 11.3 Å². The highest BCUT2D eigenvalue weighted by Gasteiger charge is 2.14. The summed E-state index contributed by atoms with van der Waals surface area (Å²) in [5, 5.41) is 12.6. The van der Waals surface area contributed by atoms with Crippen molar-refractivity contribution < 1.29 is 0 Å². The number of benzene rings is 1. The van der Waals surface area contributed by atoms with Gasteiger partial charge in [0.15, 0.2) is 0 Å². The summed E-state index contributed by atoms with van der Waals surface area (Å²) in [4.78, 5) is 0. The quantitative estimate of drug-likeness (QED) is 0.803. The number of rotatable bonds is 6. The van der Waals surface area contributed by atoms with Crippen LogP contribution in [0.5, 0.6) is 0 Å². The summed E-state index contributed by atoms with van der Waals surface area (Å²) < 4.78 is 0. The smallest absolute Gasteiger partial charge is 0.101 e. The van der Waals surface area contributed by atoms with E-state index in [0.29, 0.717) is 17.9 Å². The molecule has 2 nitrogen and oxygen atoms in total. The summed E-state index contributed by atoms with van der Waals surface area (Å²) in [6.07, 6.45) is 2.27. The maximum atomic E-state index is 9.11. The van der Waals surface area contributed by atoms with Crippen molar-refractivity contribution >= 4 is 5.69 Å². The van der Waals surface area contributed by atoms with Crippen molar-refractivity contribution in [1.29, 1.82) is 5.26 Å². The van der Waals surface area contributed by atoms with Gasteiger partial charge in [-0.3, -0.25) is 0 Å². The van der Waals surface area contributed by atoms with E-state index in [1.165, 1.54) is 0 Å². The molecule has 0 unspecified atom stereocenters. The molecule has 18 heavy (non-hydrogen) atoms. The molecular weight excluding hydrogens is 220 g/mol. The van der Waals surface area contributed by atoms with Crippen LogP contribution in [-0.2, 0) is 0 Å². The number of nitrogens with one attached hydrogen (secondary N) is 1. The van der Waals surface area contributed by atoms with Crippen LogP contribution in [0.15, 0.2) is 24.3 Å². The second-order valence-electron chi connectivity index (χ2n) is 5.76. The lowest BCUT2D eigenvalue weighted by molar-refractivity contribution is 0.442. The van der Waals surface area contributed by atoms with Crippen LogP contribution in [0, 0.1) is 23.2 Å². The maximum absolute atomic E-state index is 9.11. The lowest BCUT2D eigenvalue weighted by Gasteiger charge is -2.24. The zero-order valence-corrected chi connectivity index (χ0v) is 11.9. The van der Waals surface area contributed by atoms with Gasteiger partial charge < -0.3 is 5.32 Å². The lowest BCUT2D eigenvalue weighted by Crippen LogP contribution is -2.24. The van der Waals surface area contributed by atoms with Crippen LogP contribution >= 0.6 is 0 Å². The van der Waals surface area contributed by atoms with E-state index in [1.54, 1.807) is 0 Å². The summed E-state index contributed by atoms with van der Waals surface area (Å²) in [5.41, 5.74) is 1.70. The van der Waals surface area contributed by atoms with Crippen LogP contribution in [-0.4, -0.2) is 6.04 Å². The minimum absolute atomic E-state index is 0.444. The Balaban J connectivity index is 2.79. The SMILES string of the molecule is CC(C)CC(CC(C)C)Nc1ccccc1C#N. The molecule has 0 heterocycles. The topological polar surface area (TPSA) is 35.8 Å². The molecule has 1 rings (SSSR count). The Hall–Kier alpha value is -1.49. The Labute approximate surface area is 111 Å². The van der Waals surface area contributed by atoms with Crippen molar-refractivity contribution in [2.45, 2.75) is 46.6 Å². The van der Waals surface area contributed by atoms with E-state index < -0.39 is 0 Å². The maximum Gasteiger partial charge on any atom is 0.101 e. The molecule has 0 saturated heterocycles. The fourth-order valence-corrected chi connectivity index (χ4v) is 2.28. The van der Waals surface area contributed by atoms with E-state index >= 15 is 0 Å². The molecule has 1 N–H and O–H groups in total. The van der Waals surface area contributed by atoms with Gasteiger partial charge in [-0.1, -0.05) is 39.8 Å². The number of nitrogens with zero attached hydrogens (tertiary/aromatic N) is 1. The summed E-state index contributed by atoms with van der Waals surface area (Å²) in [7, 11) is 0. The standard InChI is InChI=1S/C16H24N2/c1-12(2)9-15(10-13(3)4)18-16-8-6-5-7-14(16)11-17/h5-8,12-13,15,18H,9-10H2,1-4H3. The fraction of sp³-hybridized carbons (Fsp3) is 0.562. The number of para-hydroxylation sites is 1. The molecule has 2 heteroatoms. The summed E-state index contributed by atoms with van der Waals surface area (Å²) in [6.45, 7) is 8.97. The molecule has 0 bridgehead atoms. The van der Waals surface area contributed by atoms with Gasteiger partial charge in [0.1, 0.15) is 6.07 Å². The number of nitriles is 1. The second-order valence-corrected chi connectivity index (χ2v) is 5.76. The first-order valence-electron chi connectivity index (χ1n) is 6.78. The summed E-state index contributed by atoms with van der Waals surface area (Å²) >= 11 is 0. The molecule has 0 atom stereocenters. The normalized spacial score (nSPS) is 11.0. The van der Waals surface area contributed by atoms with Gasteiger partial charge in [-0.15, -0.1) is 0 Å². The number of hydrogen-bond acceptors (Lipinski definition) is 2. The van der Waals surface area contributed by atoms with Gasteiger partial charge in [0, 0.05) is 6.04 Å². The van der Waals surface area contributed by atoms with Gasteiger partial charge in [-0.05, 0) is 36.8 Å². The predicted octanol–water partition coefficient (Wildman–Crippen LogP) is 4.43. The molecule has 0 aliphatic heterocycles. The molecule has 0 spiro atoms. The average molecular weight is 244 g/mol. The van der Waals surface area contributed by atoms with Crippen LogP contribution in [0.4, 0.5) is 5.69 Å². The third-order valence-corrected chi connectivity index (χ3v) is 2.92. The van der Waals surface area contributed by atoms with Crippen molar-refractivity contribution in [3.8, 4) is 6.07 Å². The molecule has 0 fully saturated rings. The van der Waals surface area contributed by atoms with Crippen LogP contribution in [0.3, 0.4) is 0 Å². The van der Waals surface area contributed by atoms with Crippen LogP contribution < -0.4 is 5.32 Å². The number of anilines is 1. The monoisotopic (exact) mass is 244 g/mol. The van der Waals surface area contributed by atoms with Crippen molar-refractivity contribution in [3.63, 3.8) is 0 Å². The highest BCUT2D eigenvalue weighted by Crippen LogP contribution is 2.21. The Kier molecular flexibility index (Phi) is 5.71. The van der Waals surface area contributed by atoms with Gasteiger partial charge in [-0.2, -0.15) is 5.26 Å². The molecule has 1 aromatic rings. The Morgan fingerprint density at radius 2 is 1.61 bits per heavy atom. The van der Waals surface area contributed by atoms with E-state index in [9.17, 15) is 0 Å². The second kappa shape index (κ2) is 7.06. The third kappa shape index (κ3) is 4.79. The van der Waals surface area contributed by atoms with Gasteiger partial charge in [0.2, 0.25) is 0 Å². The fourth-order valence-electron chi connectivity index (χ4n) is 2.28. The third-order valence-electron chi connectivity index (χ3n) is 2.92. The molecule has 0 radical (unpaired) electrons. The van der Waals surface area contributed by atoms with E-state index in [0.717, 1.165) is 24.1 Å². The molecule has 1 aromatic carbocycles. The zero-order valence-electron chi connectivity index (χ0n) is 11.9. The highest BCUT2D eigenvalue weighted by atomic mass is 14.9. The van der Waals surface area contributed by atoms with E-state index in [2.05, 4.69) is 39.1 Å². The molecule has 0 aromatic heterocycles. The van der Waals surface area contributed by atoms with Crippen molar-refractivity contribution in [2.24, 2.45) is 11.8 Å². The van der Waals surface area contributed by atoms with Crippen molar-refractivity contribution in [3.05, 3.63) is 29.8 Å². The van der Waals surface area contributed by atoms with E-state index in [1.807, 2.05) is 24.3 Å². The first kappa shape index (κ1) is 14.6. The number of hydrogen-bond donors (Lipinski definition) is 1. The summed E-state index contributed by atoms with van der Waals surface area (Å²) in [5.74, 6) is 1.32. The van der Waals surface area contributed by atoms with Crippen LogP contribution in [0.25, 0.3) is 0 Å². The van der Waals surface area contributed by atoms with Gasteiger partial charge >= 0.3 is 0 Å². The van der Waals surface area contributed by atoms with E-state index in [-0.39, 0.29) is 0 Å². The minimum atomic E-state index is 0.444. The molecule has 0 aliphatic rings. The average Bonchev–Trinajstić information content (AvgIpc) is 2.27. The Bertz CT molecular complexity index is 392. The first-order valence-corrected chi connectivity index (χ1v) is 6.78. The first-order chi connectivity index (χ1) is 8.52.